The van der Waals surface area contributed by atoms with Crippen LogP contribution < -0.4 is 28.4 Å². The maximum atomic E-state index is 13.2. The van der Waals surface area contributed by atoms with Gasteiger partial charge in [0.2, 0.25) is 5.91 Å². The highest BCUT2D eigenvalue weighted by Crippen LogP contribution is 2.52. The molecule has 1 amide bonds. The molecule has 2 aliphatic heterocycles. The molecule has 0 aromatic carbocycles. The standard InChI is InChI=1S/C21H31N6O18P3S/c1-9-5-27(21(31)25-18(9)29)15-4-10(11(42-15)6-40-46(32,33)34)44-48(38,39)41-7-12-16(45-47(35,36)37)17(49-8-14(23)28)19(43-12)26-3-2-13(22)24-20(26)30/h2-3,5,10-12,15-17,19H,4,6-8H2,1H3,(H2,23,28)(H,38,39)(H2,22,24,30)(H,25,29,31)(H2,32,33,34)(H2,35,36,37)/t10-,11+,12+,15+,16+,17+,19+/m0/s1/i46+1. The molecule has 2 aromatic heterocycles. The zero-order chi connectivity index (χ0) is 36.5. The van der Waals surface area contributed by atoms with Gasteiger partial charge in [0, 0.05) is 24.4 Å². The Morgan fingerprint density at radius 3 is 2.33 bits per heavy atom. The number of anilines is 1. The number of rotatable bonds is 15. The van der Waals surface area contributed by atoms with Gasteiger partial charge in [0.25, 0.3) is 5.56 Å². The molecular weight excluding hydrogens is 750 g/mol. The molecule has 2 aromatic rings. The summed E-state index contributed by atoms with van der Waals surface area (Å²) in [7, 11) is -15.7. The average molecular weight is 781 g/mol. The number of ether oxygens (including phenoxy) is 2. The molecule has 4 heterocycles. The second kappa shape index (κ2) is 15.4. The van der Waals surface area contributed by atoms with Crippen molar-refractivity contribution in [2.45, 2.75) is 55.5 Å². The number of hydrogen-bond donors (Lipinski definition) is 8. The maximum absolute atomic E-state index is 13.2. The number of nitrogens with one attached hydrogen (secondary N) is 1. The third kappa shape index (κ3) is 10.7. The number of aryl methyl sites for hydroxylation is 1. The lowest BCUT2D eigenvalue weighted by molar-refractivity contribution is -0.115. The predicted molar refractivity (Wildman–Crippen MR) is 162 cm³/mol. The predicted octanol–water partition coefficient (Wildman–Crippen LogP) is -2.45. The van der Waals surface area contributed by atoms with Crippen molar-refractivity contribution in [1.29, 1.82) is 0 Å². The van der Waals surface area contributed by atoms with Crippen LogP contribution in [0.25, 0.3) is 0 Å². The molecule has 28 heteroatoms. The number of amides is 1. The number of nitrogen functional groups attached to an aromatic ring is 1. The molecule has 274 valence electrons. The molecule has 2 saturated heterocycles. The second-order valence-electron chi connectivity index (χ2n) is 10.4. The lowest BCUT2D eigenvalue weighted by atomic mass is 10.2. The van der Waals surface area contributed by atoms with E-state index in [0.29, 0.717) is 11.8 Å². The number of aromatic amines is 1. The first-order chi connectivity index (χ1) is 22.6. The Labute approximate surface area is 277 Å². The Kier molecular flexibility index (Phi) is 12.3. The quantitative estimate of drug-likeness (QED) is 0.0869. The largest absolute Gasteiger partial charge is 0.472 e. The van der Waals surface area contributed by atoms with E-state index in [-0.39, 0.29) is 11.4 Å². The van der Waals surface area contributed by atoms with E-state index in [2.05, 4.69) is 9.51 Å². The molecule has 4 rings (SSSR count). The lowest BCUT2D eigenvalue weighted by Crippen LogP contribution is -2.37. The summed E-state index contributed by atoms with van der Waals surface area (Å²) in [6.07, 6.45) is -7.34. The van der Waals surface area contributed by atoms with Gasteiger partial charge in [-0.15, -0.1) is 11.8 Å². The van der Waals surface area contributed by atoms with Crippen LogP contribution in [-0.2, 0) is 46.1 Å². The van der Waals surface area contributed by atoms with E-state index >= 15 is 0 Å². The monoisotopic (exact) mass is 781 g/mol. The smallest absolute Gasteiger partial charge is 0.383 e. The first kappa shape index (κ1) is 39.2. The van der Waals surface area contributed by atoms with Gasteiger partial charge in [-0.05, 0) is 13.0 Å². The fraction of sp³-hybridized carbons (Fsp3) is 0.571. The summed E-state index contributed by atoms with van der Waals surface area (Å²) in [5.74, 6) is -1.48. The zero-order valence-corrected chi connectivity index (χ0v) is 28.4. The van der Waals surface area contributed by atoms with Gasteiger partial charge >= 0.3 is 34.8 Å². The minimum Gasteiger partial charge on any atom is -0.383 e. The molecule has 10 N–H and O–H groups in total. The SMILES string of the molecule is Cc1cn([C@H]2C[C@H](OP(=O)(O)OC[C@H]3O[C@@H](n4ccc(N)nc4=O)[C@H](SCC(N)=O)[C@@H]3OP(=O)(O)O)[C@@H](CO[32P](=O)(O)O)O2)c(=O)[nH]c1=O. The molecule has 24 nitrogen and oxygen atoms in total. The number of H-pyrrole nitrogens is 1. The minimum absolute atomic E-state index is 0.0815. The molecule has 2 fully saturated rings. The third-order valence-electron chi connectivity index (χ3n) is 6.80. The molecule has 49 heavy (non-hydrogen) atoms. The number of primary amides is 1. The Hall–Kier alpha value is -2.57. The van der Waals surface area contributed by atoms with Gasteiger partial charge in [-0.1, -0.05) is 0 Å². The molecule has 0 bridgehead atoms. The van der Waals surface area contributed by atoms with Crippen molar-refractivity contribution in [3.8, 4) is 0 Å². The van der Waals surface area contributed by atoms with Gasteiger partial charge in [-0.25, -0.2) is 23.3 Å². The highest BCUT2D eigenvalue weighted by atomic mass is 32.2. The van der Waals surface area contributed by atoms with E-state index in [1.165, 1.54) is 13.0 Å². The van der Waals surface area contributed by atoms with E-state index in [1.807, 2.05) is 4.98 Å². The molecule has 0 saturated carbocycles. The van der Waals surface area contributed by atoms with E-state index < -0.39 is 114 Å². The number of hydrogen-bond acceptors (Lipinski definition) is 16. The molecule has 2 aliphatic rings. The van der Waals surface area contributed by atoms with Crippen molar-refractivity contribution in [3.05, 3.63) is 55.3 Å². The summed E-state index contributed by atoms with van der Waals surface area (Å²) in [4.78, 5) is 102. The van der Waals surface area contributed by atoms with Crippen LogP contribution in [0.4, 0.5) is 5.82 Å². The minimum atomic E-state index is -5.34. The van der Waals surface area contributed by atoms with Crippen LogP contribution in [-0.4, -0.2) is 98.1 Å². The van der Waals surface area contributed by atoms with Gasteiger partial charge in [0.05, 0.1) is 24.2 Å². The van der Waals surface area contributed by atoms with Crippen LogP contribution >= 0.6 is 35.2 Å². The van der Waals surface area contributed by atoms with Crippen LogP contribution in [0.15, 0.2) is 32.8 Å². The van der Waals surface area contributed by atoms with Crippen molar-refractivity contribution >= 4 is 47.0 Å². The summed E-state index contributed by atoms with van der Waals surface area (Å²) in [5, 5.41) is -1.28. The van der Waals surface area contributed by atoms with Gasteiger partial charge in [-0.2, -0.15) is 4.98 Å². The van der Waals surface area contributed by atoms with Crippen LogP contribution in [0.2, 0.25) is 0 Å². The first-order valence-electron chi connectivity index (χ1n) is 13.6. The number of carbonyl (C=O) groups excluding carboxylic acids is 1. The van der Waals surface area contributed by atoms with Gasteiger partial charge in [0.1, 0.15) is 36.5 Å². The van der Waals surface area contributed by atoms with Crippen molar-refractivity contribution in [2.24, 2.45) is 5.73 Å². The van der Waals surface area contributed by atoms with Crippen molar-refractivity contribution in [1.82, 2.24) is 19.1 Å². The van der Waals surface area contributed by atoms with E-state index in [0.717, 1.165) is 21.5 Å². The summed E-state index contributed by atoms with van der Waals surface area (Å²) in [6, 6.07) is 1.20. The normalized spacial score (nSPS) is 27.3. The highest BCUT2D eigenvalue weighted by molar-refractivity contribution is 8.00. The summed E-state index contributed by atoms with van der Waals surface area (Å²) in [5.41, 5.74) is 8.23. The van der Waals surface area contributed by atoms with E-state index in [1.54, 1.807) is 0 Å². The number of thioether (sulfide) groups is 1. The summed E-state index contributed by atoms with van der Waals surface area (Å²) >= 11 is 0.680. The molecular formula is C21H31N6O18P3S. The van der Waals surface area contributed by atoms with Crippen molar-refractivity contribution in [3.63, 3.8) is 0 Å². The van der Waals surface area contributed by atoms with Crippen LogP contribution in [0.1, 0.15) is 24.4 Å². The number of carbonyl (C=O) groups is 1. The van der Waals surface area contributed by atoms with Crippen LogP contribution in [0.3, 0.4) is 0 Å². The first-order valence-corrected chi connectivity index (χ1v) is 19.2. The van der Waals surface area contributed by atoms with E-state index in [9.17, 15) is 47.6 Å². The highest BCUT2D eigenvalue weighted by Gasteiger charge is 2.51. The molecule has 8 atom stereocenters. The Morgan fingerprint density at radius 2 is 1.71 bits per heavy atom. The number of nitrogens with zero attached hydrogens (tertiary/aromatic N) is 3. The van der Waals surface area contributed by atoms with Crippen molar-refractivity contribution in [2.75, 3.05) is 24.7 Å². The second-order valence-corrected chi connectivity index (χ2v) is 15.5. The molecule has 0 radical (unpaired) electrons. The Balaban J connectivity index is 1.57. The van der Waals surface area contributed by atoms with Gasteiger partial charge in [-0.3, -0.25) is 41.8 Å². The number of aromatic nitrogens is 4. The van der Waals surface area contributed by atoms with E-state index in [4.69, 9.17) is 44.3 Å². The van der Waals surface area contributed by atoms with Crippen LogP contribution in [0, 0.1) is 6.92 Å². The summed E-state index contributed by atoms with van der Waals surface area (Å²) < 4.78 is 69.2. The molecule has 0 aliphatic carbocycles. The lowest BCUT2D eigenvalue weighted by Gasteiger charge is -2.25. The third-order valence-corrected chi connectivity index (χ3v) is 10.2. The average Bonchev–Trinajstić information content (AvgIpc) is 3.50. The summed E-state index contributed by atoms with van der Waals surface area (Å²) in [6.45, 7) is -0.533. The Bertz CT molecular complexity index is 1860. The number of nitrogens with two attached hydrogens (primary N) is 2. The molecule has 1 unspecified atom stereocenters. The fourth-order valence-electron chi connectivity index (χ4n) is 4.80. The maximum Gasteiger partial charge on any atom is 0.472 e. The topological polar surface area (TPSA) is 367 Å². The zero-order valence-electron chi connectivity index (χ0n) is 24.9. The fourth-order valence-corrected chi connectivity index (χ4v) is 7.90. The number of phosphoric acid groups is 3. The van der Waals surface area contributed by atoms with Crippen LogP contribution in [0.5, 0.6) is 0 Å². The number of phosphoric ester groups is 3. The van der Waals surface area contributed by atoms with Gasteiger partial charge < -0.3 is 45.4 Å². The molecule has 0 spiro atoms. The van der Waals surface area contributed by atoms with Gasteiger partial charge in [0.15, 0.2) is 6.23 Å². The Morgan fingerprint density at radius 1 is 1.04 bits per heavy atom. The van der Waals surface area contributed by atoms with Crippen molar-refractivity contribution < 1.29 is 70.5 Å².